The molecular formula is C17H24FNO4. The van der Waals surface area contributed by atoms with Crippen molar-refractivity contribution in [2.45, 2.75) is 52.2 Å². The molecule has 5 nitrogen and oxygen atoms in total. The largest absolute Gasteiger partial charge is 0.481 e. The maximum atomic E-state index is 13.0. The van der Waals surface area contributed by atoms with Gasteiger partial charge in [-0.1, -0.05) is 12.1 Å². The van der Waals surface area contributed by atoms with Gasteiger partial charge in [0.15, 0.2) is 0 Å². The van der Waals surface area contributed by atoms with Crippen molar-refractivity contribution in [3.63, 3.8) is 0 Å². The number of rotatable bonds is 5. The number of amides is 1. The van der Waals surface area contributed by atoms with Crippen molar-refractivity contribution in [1.82, 2.24) is 4.90 Å². The topological polar surface area (TPSA) is 66.8 Å². The lowest BCUT2D eigenvalue weighted by molar-refractivity contribution is -0.139. The molecule has 1 rings (SSSR count). The van der Waals surface area contributed by atoms with Crippen molar-refractivity contribution in [1.29, 1.82) is 0 Å². The van der Waals surface area contributed by atoms with E-state index in [9.17, 15) is 19.1 Å². The highest BCUT2D eigenvalue weighted by Gasteiger charge is 2.30. The van der Waals surface area contributed by atoms with E-state index in [0.29, 0.717) is 5.56 Å². The average molecular weight is 325 g/mol. The summed E-state index contributed by atoms with van der Waals surface area (Å²) in [5, 5.41) is 9.47. The third kappa shape index (κ3) is 5.88. The summed E-state index contributed by atoms with van der Waals surface area (Å²) in [4.78, 5) is 25.2. The van der Waals surface area contributed by atoms with E-state index in [1.165, 1.54) is 29.2 Å². The number of carbonyl (C=O) groups is 2. The summed E-state index contributed by atoms with van der Waals surface area (Å²) in [7, 11) is 0. The third-order valence-electron chi connectivity index (χ3n) is 3.20. The zero-order chi connectivity index (χ0) is 17.8. The lowest BCUT2D eigenvalue weighted by Crippen LogP contribution is -2.44. The molecule has 1 N–H and O–H groups in total. The van der Waals surface area contributed by atoms with Crippen LogP contribution in [0.4, 0.5) is 9.18 Å². The highest BCUT2D eigenvalue weighted by molar-refractivity contribution is 5.78. The lowest BCUT2D eigenvalue weighted by Gasteiger charge is -2.32. The zero-order valence-electron chi connectivity index (χ0n) is 14.2. The highest BCUT2D eigenvalue weighted by Crippen LogP contribution is 2.21. The van der Waals surface area contributed by atoms with Crippen LogP contribution in [-0.2, 0) is 9.53 Å². The Balaban J connectivity index is 3.00. The van der Waals surface area contributed by atoms with Crippen LogP contribution in [0.25, 0.3) is 0 Å². The van der Waals surface area contributed by atoms with Gasteiger partial charge in [-0.25, -0.2) is 9.18 Å². The van der Waals surface area contributed by atoms with Crippen LogP contribution in [0.5, 0.6) is 0 Å². The molecule has 0 fully saturated rings. The van der Waals surface area contributed by atoms with E-state index >= 15 is 0 Å². The molecule has 1 aromatic rings. The fourth-order valence-corrected chi connectivity index (χ4v) is 2.03. The smallest absolute Gasteiger partial charge is 0.410 e. The third-order valence-corrected chi connectivity index (χ3v) is 3.20. The number of hydrogen-bond acceptors (Lipinski definition) is 3. The zero-order valence-corrected chi connectivity index (χ0v) is 14.2. The Labute approximate surface area is 136 Å². The van der Waals surface area contributed by atoms with Gasteiger partial charge in [-0.15, -0.1) is 0 Å². The predicted octanol–water partition coefficient (Wildman–Crippen LogP) is 3.64. The van der Waals surface area contributed by atoms with E-state index in [-0.39, 0.29) is 12.6 Å². The second-order valence-electron chi connectivity index (χ2n) is 6.67. The fourth-order valence-electron chi connectivity index (χ4n) is 2.03. The van der Waals surface area contributed by atoms with Crippen LogP contribution in [-0.4, -0.2) is 40.3 Å². The summed E-state index contributed by atoms with van der Waals surface area (Å²) in [6.45, 7) is 8.77. The summed E-state index contributed by atoms with van der Waals surface area (Å²) in [5.74, 6) is -2.47. The molecular weight excluding hydrogens is 301 g/mol. The van der Waals surface area contributed by atoms with E-state index in [4.69, 9.17) is 4.74 Å². The maximum Gasteiger partial charge on any atom is 0.410 e. The Hall–Kier alpha value is -2.11. The lowest BCUT2D eigenvalue weighted by atomic mass is 9.98. The Bertz CT molecular complexity index is 549. The molecule has 0 aliphatic heterocycles. The molecule has 23 heavy (non-hydrogen) atoms. The predicted molar refractivity (Wildman–Crippen MR) is 84.9 cm³/mol. The molecule has 0 heterocycles. The van der Waals surface area contributed by atoms with Crippen molar-refractivity contribution in [2.24, 2.45) is 0 Å². The molecule has 0 aromatic heterocycles. The van der Waals surface area contributed by atoms with Gasteiger partial charge in [0.25, 0.3) is 0 Å². The first kappa shape index (κ1) is 18.9. The van der Waals surface area contributed by atoms with Crippen molar-refractivity contribution in [3.8, 4) is 0 Å². The summed E-state index contributed by atoms with van der Waals surface area (Å²) >= 11 is 0. The molecule has 0 bridgehead atoms. The number of aliphatic carboxylic acids is 1. The van der Waals surface area contributed by atoms with Crippen molar-refractivity contribution < 1.29 is 23.8 Å². The standard InChI is InChI=1S/C17H24FNO4/c1-11(2)19(16(22)23-17(3,4)5)10-14(15(20)21)12-6-8-13(18)9-7-12/h6-9,11,14H,10H2,1-5H3,(H,20,21). The molecule has 0 aliphatic carbocycles. The molecule has 1 aromatic carbocycles. The summed E-state index contributed by atoms with van der Waals surface area (Å²) in [5.41, 5.74) is -0.230. The van der Waals surface area contributed by atoms with Gasteiger partial charge in [-0.3, -0.25) is 4.79 Å². The molecule has 1 unspecified atom stereocenters. The van der Waals surface area contributed by atoms with Gasteiger partial charge >= 0.3 is 12.1 Å². The van der Waals surface area contributed by atoms with E-state index in [0.717, 1.165) is 0 Å². The summed E-state index contributed by atoms with van der Waals surface area (Å²) in [6, 6.07) is 5.02. The number of halogens is 1. The number of carboxylic acids is 1. The number of carbonyl (C=O) groups excluding carboxylic acids is 1. The molecule has 0 spiro atoms. The number of carboxylic acid groups (broad SMARTS) is 1. The fraction of sp³-hybridized carbons (Fsp3) is 0.529. The van der Waals surface area contributed by atoms with Crippen molar-refractivity contribution in [2.75, 3.05) is 6.54 Å². The molecule has 1 amide bonds. The van der Waals surface area contributed by atoms with Gasteiger partial charge in [0, 0.05) is 12.6 Å². The Kier molecular flexibility index (Phi) is 6.12. The number of hydrogen-bond donors (Lipinski definition) is 1. The first-order valence-corrected chi connectivity index (χ1v) is 7.49. The van der Waals surface area contributed by atoms with E-state index in [2.05, 4.69) is 0 Å². The Morgan fingerprint density at radius 2 is 1.74 bits per heavy atom. The van der Waals surface area contributed by atoms with Gasteiger partial charge in [0.2, 0.25) is 0 Å². The molecule has 0 radical (unpaired) electrons. The second-order valence-corrected chi connectivity index (χ2v) is 6.67. The molecule has 128 valence electrons. The normalized spacial score (nSPS) is 12.8. The average Bonchev–Trinajstić information content (AvgIpc) is 2.38. The van der Waals surface area contributed by atoms with Gasteiger partial charge in [-0.05, 0) is 52.3 Å². The van der Waals surface area contributed by atoms with Gasteiger partial charge in [0.1, 0.15) is 11.4 Å². The molecule has 1 atom stereocenters. The molecule has 0 saturated carbocycles. The van der Waals surface area contributed by atoms with Crippen LogP contribution in [0, 0.1) is 5.82 Å². The van der Waals surface area contributed by atoms with Crippen LogP contribution in [0.2, 0.25) is 0 Å². The Morgan fingerprint density at radius 1 is 1.22 bits per heavy atom. The molecule has 0 aliphatic rings. The molecule has 6 heteroatoms. The summed E-state index contributed by atoms with van der Waals surface area (Å²) in [6.07, 6.45) is -0.569. The van der Waals surface area contributed by atoms with Crippen LogP contribution in [0.3, 0.4) is 0 Å². The number of nitrogens with zero attached hydrogens (tertiary/aromatic N) is 1. The van der Waals surface area contributed by atoms with E-state index in [1.54, 1.807) is 34.6 Å². The first-order chi connectivity index (χ1) is 10.5. The van der Waals surface area contributed by atoms with E-state index in [1.807, 2.05) is 0 Å². The SMILES string of the molecule is CC(C)N(CC(C(=O)O)c1ccc(F)cc1)C(=O)OC(C)(C)C. The van der Waals surface area contributed by atoms with Crippen molar-refractivity contribution >= 4 is 12.1 Å². The second kappa shape index (κ2) is 7.44. The minimum absolute atomic E-state index is 0.0481. The number of benzene rings is 1. The highest BCUT2D eigenvalue weighted by atomic mass is 19.1. The maximum absolute atomic E-state index is 13.0. The number of ether oxygens (including phenoxy) is 1. The molecule has 0 saturated heterocycles. The Morgan fingerprint density at radius 3 is 2.13 bits per heavy atom. The minimum atomic E-state index is -1.08. The van der Waals surface area contributed by atoms with E-state index < -0.39 is 29.4 Å². The monoisotopic (exact) mass is 325 g/mol. The van der Waals surface area contributed by atoms with Gasteiger partial charge in [-0.2, -0.15) is 0 Å². The first-order valence-electron chi connectivity index (χ1n) is 7.49. The van der Waals surface area contributed by atoms with Crippen LogP contribution >= 0.6 is 0 Å². The van der Waals surface area contributed by atoms with Crippen LogP contribution in [0.1, 0.15) is 46.1 Å². The minimum Gasteiger partial charge on any atom is -0.481 e. The van der Waals surface area contributed by atoms with Crippen LogP contribution < -0.4 is 0 Å². The quantitative estimate of drug-likeness (QED) is 0.897. The van der Waals surface area contributed by atoms with Crippen molar-refractivity contribution in [3.05, 3.63) is 35.6 Å². The van der Waals surface area contributed by atoms with Gasteiger partial charge < -0.3 is 14.7 Å². The van der Waals surface area contributed by atoms with Crippen LogP contribution in [0.15, 0.2) is 24.3 Å². The summed E-state index contributed by atoms with van der Waals surface area (Å²) < 4.78 is 18.4. The van der Waals surface area contributed by atoms with Gasteiger partial charge in [0.05, 0.1) is 5.92 Å².